The first kappa shape index (κ1) is 92.4. The number of nitrogens with zero attached hydrogens (tertiary/aromatic N) is 1. The predicted octanol–water partition coefficient (Wildman–Crippen LogP) is 26.5. The Morgan fingerprint density at radius 2 is 0.653 bits per heavy atom. The number of phosphoric acid groups is 1. The highest BCUT2D eigenvalue weighted by Gasteiger charge is 2.23. The summed E-state index contributed by atoms with van der Waals surface area (Å²) in [5.74, 6) is -0.201. The summed E-state index contributed by atoms with van der Waals surface area (Å²) >= 11 is 0. The Morgan fingerprint density at radius 1 is 0.379 bits per heavy atom. The lowest BCUT2D eigenvalue weighted by atomic mass is 10.0. The van der Waals surface area contributed by atoms with Crippen LogP contribution in [-0.4, -0.2) is 68.5 Å². The number of unbranched alkanes of at least 4 members (excludes halogenated alkanes) is 49. The predicted molar refractivity (Wildman–Crippen MR) is 417 cm³/mol. The average Bonchev–Trinajstić information content (AvgIpc) is 2.01. The fourth-order valence-corrected chi connectivity index (χ4v) is 13.0. The maximum atomic E-state index is 13.1. The summed E-state index contributed by atoms with van der Waals surface area (Å²) in [7, 11) is 1.26. The fraction of sp³-hybridized carbons (Fsp3) is 0.802. The summed E-state index contributed by atoms with van der Waals surface area (Å²) < 4.78 is 23.5. The van der Waals surface area contributed by atoms with E-state index in [0.717, 1.165) is 77.0 Å². The number of hydrogen-bond donors (Lipinski definition) is 2. The lowest BCUT2D eigenvalue weighted by Gasteiger charge is -2.29. The number of quaternary nitrogens is 1. The topological polar surface area (TPSA) is 108 Å². The van der Waals surface area contributed by atoms with Crippen LogP contribution in [0.4, 0.5) is 0 Å². The van der Waals surface area contributed by atoms with Crippen LogP contribution in [0.5, 0.6) is 0 Å². The molecule has 0 aromatic carbocycles. The van der Waals surface area contributed by atoms with Gasteiger partial charge in [-0.3, -0.25) is 9.36 Å². The van der Waals surface area contributed by atoms with Crippen molar-refractivity contribution in [3.63, 3.8) is 0 Å². The van der Waals surface area contributed by atoms with Crippen LogP contribution in [0.25, 0.3) is 0 Å². The first-order valence-corrected chi connectivity index (χ1v) is 42.6. The van der Waals surface area contributed by atoms with Gasteiger partial charge in [-0.2, -0.15) is 0 Å². The molecular formula is C86H159N2O6P. The highest BCUT2D eigenvalue weighted by molar-refractivity contribution is 7.45. The van der Waals surface area contributed by atoms with Crippen LogP contribution >= 0.6 is 7.82 Å². The van der Waals surface area contributed by atoms with E-state index in [1.807, 2.05) is 27.2 Å². The van der Waals surface area contributed by atoms with E-state index in [4.69, 9.17) is 9.05 Å². The van der Waals surface area contributed by atoms with Crippen LogP contribution in [0.15, 0.2) is 97.2 Å². The fourth-order valence-electron chi connectivity index (χ4n) is 12.2. The monoisotopic (exact) mass is 1350 g/mol. The molecule has 3 atom stereocenters. The van der Waals surface area contributed by atoms with Crippen molar-refractivity contribution >= 4 is 13.7 Å². The zero-order valence-electron chi connectivity index (χ0n) is 63.6. The zero-order chi connectivity index (χ0) is 69.0. The molecule has 95 heavy (non-hydrogen) atoms. The number of allylic oxidation sites excluding steroid dienone is 15. The maximum absolute atomic E-state index is 13.1. The molecule has 0 aliphatic rings. The molecule has 0 bridgehead atoms. The molecule has 554 valence electrons. The van der Waals surface area contributed by atoms with Crippen molar-refractivity contribution in [1.29, 1.82) is 0 Å². The third kappa shape index (κ3) is 78.6. The Morgan fingerprint density at radius 3 is 0.979 bits per heavy atom. The van der Waals surface area contributed by atoms with Crippen LogP contribution in [0.1, 0.15) is 393 Å². The van der Waals surface area contributed by atoms with E-state index in [-0.39, 0.29) is 12.5 Å². The highest BCUT2D eigenvalue weighted by atomic mass is 31.2. The number of hydrogen-bond acceptors (Lipinski definition) is 6. The smallest absolute Gasteiger partial charge is 0.268 e. The molecule has 0 saturated carbocycles. The van der Waals surface area contributed by atoms with Crippen LogP contribution in [0, 0.1) is 0 Å². The van der Waals surface area contributed by atoms with Gasteiger partial charge in [0, 0.05) is 6.42 Å². The van der Waals surface area contributed by atoms with Crippen LogP contribution in [-0.2, 0) is 18.4 Å². The minimum absolute atomic E-state index is 0.00694. The lowest BCUT2D eigenvalue weighted by molar-refractivity contribution is -0.870. The first-order chi connectivity index (χ1) is 46.5. The van der Waals surface area contributed by atoms with Crippen molar-refractivity contribution in [3.8, 4) is 0 Å². The van der Waals surface area contributed by atoms with E-state index < -0.39 is 26.6 Å². The second-order valence-corrected chi connectivity index (χ2v) is 30.5. The SMILES string of the molecule is CC/C=C\C/C=C\C/C=C\C/C=C\C/C=C\C/C=C\CCCCCCCCCCCCCCCCCCCCCCCCC(=O)NC(COP(=O)([O-])OCC[N+](C)(C)C)C(O)/C=C/CC/C=C/CCCCCCCCCCCCCCCCCCCCCCCCCCCC. The minimum Gasteiger partial charge on any atom is -0.756 e. The zero-order valence-corrected chi connectivity index (χ0v) is 64.5. The van der Waals surface area contributed by atoms with E-state index in [9.17, 15) is 19.4 Å². The van der Waals surface area contributed by atoms with Gasteiger partial charge in [-0.25, -0.2) is 0 Å². The number of likely N-dealkylation sites (N-methyl/N-ethyl adjacent to an activating group) is 1. The number of carbonyl (C=O) groups excluding carboxylic acids is 1. The molecular weight excluding hydrogens is 1190 g/mol. The molecule has 0 aliphatic heterocycles. The number of nitrogens with one attached hydrogen (secondary N) is 1. The van der Waals surface area contributed by atoms with Crippen molar-refractivity contribution < 1.29 is 32.9 Å². The molecule has 8 nitrogen and oxygen atoms in total. The van der Waals surface area contributed by atoms with Gasteiger partial charge in [0.1, 0.15) is 13.2 Å². The molecule has 0 rings (SSSR count). The van der Waals surface area contributed by atoms with E-state index in [2.05, 4.69) is 104 Å². The van der Waals surface area contributed by atoms with Crippen LogP contribution in [0.3, 0.4) is 0 Å². The Hall–Kier alpha value is -2.58. The molecule has 0 fully saturated rings. The van der Waals surface area contributed by atoms with Crippen LogP contribution in [0.2, 0.25) is 0 Å². The summed E-state index contributed by atoms with van der Waals surface area (Å²) in [5, 5.41) is 14.0. The Bertz CT molecular complexity index is 1880. The summed E-state index contributed by atoms with van der Waals surface area (Å²) in [6.45, 7) is 4.56. The molecule has 2 N–H and O–H groups in total. The molecule has 0 radical (unpaired) electrons. The van der Waals surface area contributed by atoms with Crippen molar-refractivity contribution in [2.75, 3.05) is 40.9 Å². The third-order valence-corrected chi connectivity index (χ3v) is 19.5. The molecule has 0 aliphatic carbocycles. The van der Waals surface area contributed by atoms with Crippen molar-refractivity contribution in [1.82, 2.24) is 5.32 Å². The quantitative estimate of drug-likeness (QED) is 0.0272. The number of rotatable bonds is 76. The highest BCUT2D eigenvalue weighted by Crippen LogP contribution is 2.38. The average molecular weight is 1350 g/mol. The van der Waals surface area contributed by atoms with E-state index in [1.54, 1.807) is 6.08 Å². The molecule has 9 heteroatoms. The van der Waals surface area contributed by atoms with Crippen molar-refractivity contribution in [2.45, 2.75) is 405 Å². The second-order valence-electron chi connectivity index (χ2n) is 29.1. The first-order valence-electron chi connectivity index (χ1n) is 41.1. The van der Waals surface area contributed by atoms with E-state index >= 15 is 0 Å². The van der Waals surface area contributed by atoms with Gasteiger partial charge in [-0.05, 0) is 83.5 Å². The molecule has 0 saturated heterocycles. The van der Waals surface area contributed by atoms with Crippen molar-refractivity contribution in [3.05, 3.63) is 97.2 Å². The van der Waals surface area contributed by atoms with Gasteiger partial charge in [0.05, 0.1) is 39.9 Å². The molecule has 0 aromatic rings. The Balaban J connectivity index is 3.97. The molecule has 1 amide bonds. The Kier molecular flexibility index (Phi) is 73.6. The number of phosphoric ester groups is 1. The summed E-state index contributed by atoms with van der Waals surface area (Å²) in [6, 6.07) is -0.908. The van der Waals surface area contributed by atoms with Gasteiger partial charge in [0.25, 0.3) is 7.82 Å². The number of carbonyl (C=O) groups is 1. The Labute approximate surface area is 591 Å². The van der Waals surface area contributed by atoms with Crippen molar-refractivity contribution in [2.24, 2.45) is 0 Å². The van der Waals surface area contributed by atoms with E-state index in [1.165, 1.54) is 295 Å². The summed E-state index contributed by atoms with van der Waals surface area (Å²) in [5.41, 5.74) is 0. The van der Waals surface area contributed by atoms with Gasteiger partial charge < -0.3 is 28.8 Å². The van der Waals surface area contributed by atoms with Crippen LogP contribution < -0.4 is 10.2 Å². The number of aliphatic hydroxyl groups excluding tert-OH is 1. The third-order valence-electron chi connectivity index (χ3n) is 18.5. The van der Waals surface area contributed by atoms with Gasteiger partial charge in [-0.15, -0.1) is 0 Å². The van der Waals surface area contributed by atoms with Gasteiger partial charge in [0.15, 0.2) is 0 Å². The molecule has 0 heterocycles. The molecule has 0 spiro atoms. The van der Waals surface area contributed by atoms with E-state index in [0.29, 0.717) is 17.4 Å². The largest absolute Gasteiger partial charge is 0.756 e. The maximum Gasteiger partial charge on any atom is 0.268 e. The number of aliphatic hydroxyl groups is 1. The minimum atomic E-state index is -4.62. The summed E-state index contributed by atoms with van der Waals surface area (Å²) in [6.07, 6.45) is 110. The molecule has 3 unspecified atom stereocenters. The number of amides is 1. The van der Waals surface area contributed by atoms with Gasteiger partial charge >= 0.3 is 0 Å². The second kappa shape index (κ2) is 75.6. The van der Waals surface area contributed by atoms with Gasteiger partial charge in [0.2, 0.25) is 5.91 Å². The molecule has 0 aromatic heterocycles. The van der Waals surface area contributed by atoms with Gasteiger partial charge in [-0.1, -0.05) is 400 Å². The standard InChI is InChI=1S/C86H159N2O6P/c1-6-8-10-12-14-16-18-20-22-24-26-28-30-32-34-36-38-40-41-42-43-44-45-46-47-48-50-52-54-56-58-60-62-64-66-68-70-72-74-76-78-80-86(90)87-84(83-94-95(91,92)93-82-81-88(3,4)5)85(89)79-77-75-73-71-69-67-65-63-61-59-57-55-53-51-49-39-37-35-33-31-29-27-25-23-21-19-17-15-13-11-9-7-2/h8,10,14,16,20,22,26,28,32,34,38,40,69,71,77,79,84-85,89H,6-7,9,11-13,15,17-19,21,23-25,27,29-31,33,35-37,39,41-68,70,72-76,78,80-83H2,1-5H3,(H-,87,90,91,92)/b10-8-,16-14-,22-20-,28-26-,34-32-,40-38-,71-69+,79-77+. The lowest BCUT2D eigenvalue weighted by Crippen LogP contribution is -2.45. The summed E-state index contributed by atoms with van der Waals surface area (Å²) in [4.78, 5) is 25.7. The normalized spacial score (nSPS) is 14.0.